The van der Waals surface area contributed by atoms with E-state index in [1.165, 1.54) is 0 Å². The quantitative estimate of drug-likeness (QED) is 0.738. The number of hydrogen-bond acceptors (Lipinski definition) is 4. The Morgan fingerprint density at radius 3 is 2.71 bits per heavy atom. The van der Waals surface area contributed by atoms with Crippen LogP contribution in [0.1, 0.15) is 52.6 Å². The van der Waals surface area contributed by atoms with Gasteiger partial charge in [0.15, 0.2) is 0 Å². The van der Waals surface area contributed by atoms with E-state index in [9.17, 15) is 9.90 Å². The summed E-state index contributed by atoms with van der Waals surface area (Å²) >= 11 is 0. The molecule has 146 valence electrons. The highest BCUT2D eigenvalue weighted by atomic mass is 16.3. The number of hydrogen-bond donors (Lipinski definition) is 1. The molecule has 0 fully saturated rings. The standard InChI is InChI=1S/C21H25N5O2/c1-3-7-16-12-19(24(2)22-16)21(28)25-10-11-26-17(14-25)13-18(23-26)20(27)15-8-5-4-6-9-15/h4-6,8-9,12-13,20,27H,3,7,10-11,14H2,1-2H3/t20-/m1/s1. The Hall–Kier alpha value is -2.93. The van der Waals surface area contributed by atoms with Crippen LogP contribution in [0.25, 0.3) is 0 Å². The van der Waals surface area contributed by atoms with Gasteiger partial charge in [0.1, 0.15) is 11.8 Å². The lowest BCUT2D eigenvalue weighted by Gasteiger charge is -2.27. The fraction of sp³-hybridized carbons (Fsp3) is 0.381. The number of carbonyl (C=O) groups is 1. The Morgan fingerprint density at radius 2 is 1.96 bits per heavy atom. The zero-order chi connectivity index (χ0) is 19.7. The molecule has 0 saturated heterocycles. The zero-order valence-electron chi connectivity index (χ0n) is 16.2. The predicted octanol–water partition coefficient (Wildman–Crippen LogP) is 2.31. The molecule has 0 unspecified atom stereocenters. The number of aliphatic hydroxyl groups excluding tert-OH is 1. The van der Waals surface area contributed by atoms with Gasteiger partial charge in [0.05, 0.1) is 30.2 Å². The van der Waals surface area contributed by atoms with Gasteiger partial charge in [0.2, 0.25) is 0 Å². The van der Waals surface area contributed by atoms with Gasteiger partial charge in [0.25, 0.3) is 5.91 Å². The Kier molecular flexibility index (Phi) is 5.00. The van der Waals surface area contributed by atoms with Crippen LogP contribution in [0.5, 0.6) is 0 Å². The molecular weight excluding hydrogens is 354 g/mol. The number of aryl methyl sites for hydroxylation is 2. The number of nitrogens with zero attached hydrogens (tertiary/aromatic N) is 5. The van der Waals surface area contributed by atoms with Crippen molar-refractivity contribution >= 4 is 5.91 Å². The van der Waals surface area contributed by atoms with Gasteiger partial charge in [-0.3, -0.25) is 14.2 Å². The van der Waals surface area contributed by atoms with Crippen LogP contribution in [-0.2, 0) is 26.6 Å². The van der Waals surface area contributed by atoms with Gasteiger partial charge in [-0.05, 0) is 24.1 Å². The lowest BCUT2D eigenvalue weighted by atomic mass is 10.1. The molecule has 1 atom stereocenters. The van der Waals surface area contributed by atoms with Gasteiger partial charge in [-0.2, -0.15) is 10.2 Å². The number of aromatic nitrogens is 4. The molecule has 1 aliphatic heterocycles. The minimum absolute atomic E-state index is 0.0186. The average Bonchev–Trinajstić information content (AvgIpc) is 3.30. The maximum atomic E-state index is 13.0. The summed E-state index contributed by atoms with van der Waals surface area (Å²) in [6.07, 6.45) is 1.10. The number of rotatable bonds is 5. The Bertz CT molecular complexity index is 976. The summed E-state index contributed by atoms with van der Waals surface area (Å²) in [5, 5.41) is 19.6. The minimum atomic E-state index is -0.767. The van der Waals surface area contributed by atoms with Crippen LogP contribution < -0.4 is 0 Å². The normalized spacial score (nSPS) is 14.8. The molecule has 3 aromatic rings. The third kappa shape index (κ3) is 3.45. The Morgan fingerprint density at radius 1 is 1.18 bits per heavy atom. The lowest BCUT2D eigenvalue weighted by Crippen LogP contribution is -2.39. The highest BCUT2D eigenvalue weighted by Crippen LogP contribution is 2.24. The van der Waals surface area contributed by atoms with Gasteiger partial charge < -0.3 is 10.0 Å². The number of carbonyl (C=O) groups excluding carboxylic acids is 1. The molecule has 1 amide bonds. The average molecular weight is 379 g/mol. The SMILES string of the molecule is CCCc1cc(C(=O)N2CCn3nc([C@H](O)c4ccccc4)cc3C2)n(C)n1. The first-order chi connectivity index (χ1) is 13.6. The van der Waals surface area contributed by atoms with E-state index >= 15 is 0 Å². The molecule has 0 aliphatic carbocycles. The van der Waals surface area contributed by atoms with E-state index in [-0.39, 0.29) is 5.91 Å². The van der Waals surface area contributed by atoms with E-state index in [0.717, 1.165) is 29.8 Å². The maximum absolute atomic E-state index is 13.0. The van der Waals surface area contributed by atoms with Crippen molar-refractivity contribution in [2.24, 2.45) is 7.05 Å². The third-order valence-electron chi connectivity index (χ3n) is 5.16. The van der Waals surface area contributed by atoms with Crippen molar-refractivity contribution in [2.75, 3.05) is 6.54 Å². The first-order valence-corrected chi connectivity index (χ1v) is 9.68. The first-order valence-electron chi connectivity index (χ1n) is 9.68. The molecule has 28 heavy (non-hydrogen) atoms. The summed E-state index contributed by atoms with van der Waals surface area (Å²) in [5.41, 5.74) is 3.91. The molecular formula is C21H25N5O2. The van der Waals surface area contributed by atoms with Crippen LogP contribution in [0.4, 0.5) is 0 Å². The van der Waals surface area contributed by atoms with E-state index in [1.807, 2.05) is 59.1 Å². The fourth-order valence-corrected chi connectivity index (χ4v) is 3.67. The Balaban J connectivity index is 1.52. The van der Waals surface area contributed by atoms with Crippen LogP contribution in [0.2, 0.25) is 0 Å². The fourth-order valence-electron chi connectivity index (χ4n) is 3.67. The molecule has 0 radical (unpaired) electrons. The van der Waals surface area contributed by atoms with Crippen molar-refractivity contribution in [3.63, 3.8) is 0 Å². The van der Waals surface area contributed by atoms with Crippen molar-refractivity contribution in [1.82, 2.24) is 24.5 Å². The second kappa shape index (κ2) is 7.59. The summed E-state index contributed by atoms with van der Waals surface area (Å²) in [6.45, 7) is 3.77. The van der Waals surface area contributed by atoms with Gasteiger partial charge in [-0.25, -0.2) is 0 Å². The number of fused-ring (bicyclic) bond motifs is 1. The van der Waals surface area contributed by atoms with E-state index < -0.39 is 6.10 Å². The topological polar surface area (TPSA) is 76.2 Å². The van der Waals surface area contributed by atoms with Gasteiger partial charge in [0, 0.05) is 13.6 Å². The largest absolute Gasteiger partial charge is 0.382 e. The van der Waals surface area contributed by atoms with Crippen molar-refractivity contribution in [2.45, 2.75) is 39.0 Å². The predicted molar refractivity (Wildman–Crippen MR) is 105 cm³/mol. The zero-order valence-corrected chi connectivity index (χ0v) is 16.2. The van der Waals surface area contributed by atoms with Gasteiger partial charge >= 0.3 is 0 Å². The van der Waals surface area contributed by atoms with Gasteiger partial charge in [-0.1, -0.05) is 43.7 Å². The summed E-state index contributed by atoms with van der Waals surface area (Å²) in [5.74, 6) is -0.0186. The molecule has 1 N–H and O–H groups in total. The van der Waals surface area contributed by atoms with Crippen molar-refractivity contribution in [3.05, 3.63) is 70.8 Å². The third-order valence-corrected chi connectivity index (χ3v) is 5.16. The maximum Gasteiger partial charge on any atom is 0.272 e. The highest BCUT2D eigenvalue weighted by molar-refractivity contribution is 5.92. The Labute approximate surface area is 164 Å². The van der Waals surface area contributed by atoms with Crippen molar-refractivity contribution < 1.29 is 9.90 Å². The highest BCUT2D eigenvalue weighted by Gasteiger charge is 2.27. The minimum Gasteiger partial charge on any atom is -0.382 e. The lowest BCUT2D eigenvalue weighted by molar-refractivity contribution is 0.0694. The molecule has 0 spiro atoms. The van der Waals surface area contributed by atoms with E-state index in [4.69, 9.17) is 0 Å². The monoisotopic (exact) mass is 379 g/mol. The second-order valence-electron chi connectivity index (χ2n) is 7.22. The van der Waals surface area contributed by atoms with Crippen molar-refractivity contribution in [1.29, 1.82) is 0 Å². The summed E-state index contributed by atoms with van der Waals surface area (Å²) < 4.78 is 3.56. The van der Waals surface area contributed by atoms with E-state index in [2.05, 4.69) is 17.1 Å². The molecule has 7 heteroatoms. The first kappa shape index (κ1) is 18.4. The van der Waals surface area contributed by atoms with Crippen LogP contribution >= 0.6 is 0 Å². The molecule has 1 aliphatic rings. The van der Waals surface area contributed by atoms with E-state index in [1.54, 1.807) is 4.68 Å². The smallest absolute Gasteiger partial charge is 0.272 e. The van der Waals surface area contributed by atoms with Crippen LogP contribution in [0.15, 0.2) is 42.5 Å². The van der Waals surface area contributed by atoms with Crippen LogP contribution in [-0.4, -0.2) is 42.0 Å². The molecule has 4 rings (SSSR count). The van der Waals surface area contributed by atoms with E-state index in [0.29, 0.717) is 31.0 Å². The van der Waals surface area contributed by atoms with Crippen LogP contribution in [0, 0.1) is 0 Å². The summed E-state index contributed by atoms with van der Waals surface area (Å²) in [4.78, 5) is 14.8. The molecule has 0 saturated carbocycles. The van der Waals surface area contributed by atoms with Gasteiger partial charge in [-0.15, -0.1) is 0 Å². The molecule has 7 nitrogen and oxygen atoms in total. The molecule has 0 bridgehead atoms. The summed E-state index contributed by atoms with van der Waals surface area (Å²) in [7, 11) is 1.81. The molecule has 1 aromatic carbocycles. The number of amides is 1. The van der Waals surface area contributed by atoms with Crippen molar-refractivity contribution in [3.8, 4) is 0 Å². The number of benzene rings is 1. The molecule has 2 aromatic heterocycles. The summed E-state index contributed by atoms with van der Waals surface area (Å²) in [6, 6.07) is 13.3. The van der Waals surface area contributed by atoms with Crippen LogP contribution in [0.3, 0.4) is 0 Å². The molecule has 3 heterocycles. The number of aliphatic hydroxyl groups is 1. The second-order valence-corrected chi connectivity index (χ2v) is 7.22.